The standard InChI is InChI=1S/C24H21NO4S/c1-3-29-18-7-4-6-16(14-18)22(26)20-21(19-8-5-13-30-19)25(24(28)23(20)27)17-11-9-15(2)10-12-17/h4-14,21,26H,3H2,1-2H3/b22-20-. The predicted octanol–water partition coefficient (Wildman–Crippen LogP) is 5.08. The zero-order valence-corrected chi connectivity index (χ0v) is 17.5. The zero-order chi connectivity index (χ0) is 21.3. The Morgan fingerprint density at radius 1 is 1.10 bits per heavy atom. The normalized spacial score (nSPS) is 18.1. The van der Waals surface area contributed by atoms with Gasteiger partial charge in [-0.05, 0) is 49.6 Å². The Bertz CT molecular complexity index is 1120. The first-order valence-corrected chi connectivity index (χ1v) is 10.5. The van der Waals surface area contributed by atoms with Crippen molar-refractivity contribution in [3.05, 3.63) is 87.6 Å². The number of aliphatic hydroxyl groups excluding tert-OH is 1. The van der Waals surface area contributed by atoms with E-state index in [-0.39, 0.29) is 11.3 Å². The smallest absolute Gasteiger partial charge is 0.300 e. The van der Waals surface area contributed by atoms with Crippen molar-refractivity contribution in [3.63, 3.8) is 0 Å². The van der Waals surface area contributed by atoms with Crippen LogP contribution in [-0.4, -0.2) is 23.4 Å². The molecule has 5 nitrogen and oxygen atoms in total. The molecule has 0 radical (unpaired) electrons. The molecule has 1 saturated heterocycles. The Morgan fingerprint density at radius 2 is 1.87 bits per heavy atom. The highest BCUT2D eigenvalue weighted by Crippen LogP contribution is 2.43. The summed E-state index contributed by atoms with van der Waals surface area (Å²) in [6, 6.07) is 17.4. The van der Waals surface area contributed by atoms with E-state index in [1.54, 1.807) is 24.3 Å². The van der Waals surface area contributed by atoms with Crippen molar-refractivity contribution < 1.29 is 19.4 Å². The van der Waals surface area contributed by atoms with Gasteiger partial charge in [-0.2, -0.15) is 0 Å². The number of amides is 1. The summed E-state index contributed by atoms with van der Waals surface area (Å²) < 4.78 is 5.51. The molecule has 1 aliphatic rings. The van der Waals surface area contributed by atoms with Crippen LogP contribution < -0.4 is 9.64 Å². The number of anilines is 1. The van der Waals surface area contributed by atoms with Gasteiger partial charge in [0, 0.05) is 16.1 Å². The summed E-state index contributed by atoms with van der Waals surface area (Å²) in [6.45, 7) is 4.31. The van der Waals surface area contributed by atoms with E-state index in [1.807, 2.05) is 55.6 Å². The summed E-state index contributed by atoms with van der Waals surface area (Å²) in [5.74, 6) is -0.974. The minimum atomic E-state index is -0.701. The average molecular weight is 420 g/mol. The van der Waals surface area contributed by atoms with Crippen LogP contribution in [-0.2, 0) is 9.59 Å². The van der Waals surface area contributed by atoms with E-state index < -0.39 is 17.7 Å². The second-order valence-electron chi connectivity index (χ2n) is 6.98. The molecular weight excluding hydrogens is 398 g/mol. The summed E-state index contributed by atoms with van der Waals surface area (Å²) in [5.41, 5.74) is 2.18. The van der Waals surface area contributed by atoms with Crippen molar-refractivity contribution >= 4 is 34.5 Å². The molecule has 1 aromatic heterocycles. The van der Waals surface area contributed by atoms with E-state index in [0.717, 1.165) is 10.4 Å². The number of benzene rings is 2. The molecule has 3 aromatic rings. The number of rotatable bonds is 5. The van der Waals surface area contributed by atoms with E-state index in [1.165, 1.54) is 16.2 Å². The molecule has 2 aromatic carbocycles. The maximum atomic E-state index is 13.1. The number of carbonyl (C=O) groups is 2. The molecule has 0 bridgehead atoms. The molecular formula is C24H21NO4S. The molecule has 2 heterocycles. The van der Waals surface area contributed by atoms with E-state index in [2.05, 4.69) is 0 Å². The maximum absolute atomic E-state index is 13.1. The fourth-order valence-electron chi connectivity index (χ4n) is 3.58. The van der Waals surface area contributed by atoms with Crippen LogP contribution in [0, 0.1) is 6.92 Å². The lowest BCUT2D eigenvalue weighted by Gasteiger charge is -2.24. The molecule has 0 saturated carbocycles. The lowest BCUT2D eigenvalue weighted by Crippen LogP contribution is -2.29. The number of thiophene rings is 1. The summed E-state index contributed by atoms with van der Waals surface area (Å²) >= 11 is 1.44. The van der Waals surface area contributed by atoms with Crippen molar-refractivity contribution in [1.82, 2.24) is 0 Å². The highest BCUT2D eigenvalue weighted by atomic mass is 32.1. The van der Waals surface area contributed by atoms with Crippen molar-refractivity contribution in [2.75, 3.05) is 11.5 Å². The van der Waals surface area contributed by atoms with Crippen LogP contribution in [0.25, 0.3) is 5.76 Å². The lowest BCUT2D eigenvalue weighted by molar-refractivity contribution is -0.132. The second kappa shape index (κ2) is 8.16. The van der Waals surface area contributed by atoms with Crippen LogP contribution >= 0.6 is 11.3 Å². The number of Topliss-reactive ketones (excluding diaryl/α,β-unsaturated/α-hetero) is 1. The topological polar surface area (TPSA) is 66.8 Å². The fraction of sp³-hybridized carbons (Fsp3) is 0.167. The molecule has 0 spiro atoms. The molecule has 1 N–H and O–H groups in total. The maximum Gasteiger partial charge on any atom is 0.300 e. The predicted molar refractivity (Wildman–Crippen MR) is 118 cm³/mol. The van der Waals surface area contributed by atoms with Crippen LogP contribution in [0.5, 0.6) is 5.75 Å². The van der Waals surface area contributed by atoms with Crippen molar-refractivity contribution in [1.29, 1.82) is 0 Å². The molecule has 6 heteroatoms. The molecule has 0 aliphatic carbocycles. The van der Waals surface area contributed by atoms with E-state index in [4.69, 9.17) is 4.74 Å². The monoisotopic (exact) mass is 419 g/mol. The molecule has 1 aliphatic heterocycles. The number of ether oxygens (including phenoxy) is 1. The van der Waals surface area contributed by atoms with Gasteiger partial charge < -0.3 is 9.84 Å². The minimum absolute atomic E-state index is 0.0803. The zero-order valence-electron chi connectivity index (χ0n) is 16.7. The SMILES string of the molecule is CCOc1cccc(/C(O)=C2/C(=O)C(=O)N(c3ccc(C)cc3)C2c2cccs2)c1. The molecule has 1 unspecified atom stereocenters. The molecule has 4 rings (SSSR count). The molecule has 152 valence electrons. The van der Waals surface area contributed by atoms with Gasteiger partial charge in [0.2, 0.25) is 0 Å². The third-order valence-electron chi connectivity index (χ3n) is 4.99. The van der Waals surface area contributed by atoms with Crippen molar-refractivity contribution in [2.24, 2.45) is 0 Å². The Labute approximate surface area is 178 Å². The molecule has 30 heavy (non-hydrogen) atoms. The van der Waals surface area contributed by atoms with Crippen molar-refractivity contribution in [3.8, 4) is 5.75 Å². The number of aryl methyl sites for hydroxylation is 1. The summed E-state index contributed by atoms with van der Waals surface area (Å²) in [4.78, 5) is 28.3. The van der Waals surface area contributed by atoms with Crippen LogP contribution in [0.15, 0.2) is 71.6 Å². The number of nitrogens with zero attached hydrogens (tertiary/aromatic N) is 1. The minimum Gasteiger partial charge on any atom is -0.507 e. The molecule has 1 atom stereocenters. The Balaban J connectivity index is 1.88. The summed E-state index contributed by atoms with van der Waals surface area (Å²) in [6.07, 6.45) is 0. The average Bonchev–Trinajstić information content (AvgIpc) is 3.36. The fourth-order valence-corrected chi connectivity index (χ4v) is 4.40. The first-order valence-electron chi connectivity index (χ1n) is 9.65. The first-order chi connectivity index (χ1) is 14.5. The van der Waals surface area contributed by atoms with Gasteiger partial charge in [0.05, 0.1) is 12.2 Å². The number of ketones is 1. The largest absolute Gasteiger partial charge is 0.507 e. The Kier molecular flexibility index (Phi) is 5.42. The third-order valence-corrected chi connectivity index (χ3v) is 5.91. The summed E-state index contributed by atoms with van der Waals surface area (Å²) in [5, 5.41) is 13.0. The highest BCUT2D eigenvalue weighted by molar-refractivity contribution is 7.10. The van der Waals surface area contributed by atoms with Gasteiger partial charge in [-0.1, -0.05) is 35.9 Å². The second-order valence-corrected chi connectivity index (χ2v) is 7.96. The van der Waals surface area contributed by atoms with Gasteiger partial charge in [-0.15, -0.1) is 11.3 Å². The first kappa shape index (κ1) is 19.9. The number of hydrogen-bond acceptors (Lipinski definition) is 5. The quantitative estimate of drug-likeness (QED) is 0.356. The lowest BCUT2D eigenvalue weighted by atomic mass is 9.99. The van der Waals surface area contributed by atoms with Gasteiger partial charge >= 0.3 is 0 Å². The summed E-state index contributed by atoms with van der Waals surface area (Å²) in [7, 11) is 0. The number of hydrogen-bond donors (Lipinski definition) is 1. The Morgan fingerprint density at radius 3 is 2.53 bits per heavy atom. The van der Waals surface area contributed by atoms with E-state index in [9.17, 15) is 14.7 Å². The number of aliphatic hydroxyl groups is 1. The van der Waals surface area contributed by atoms with Crippen LogP contribution in [0.1, 0.15) is 29.0 Å². The van der Waals surface area contributed by atoms with Gasteiger partial charge in [0.1, 0.15) is 17.6 Å². The third kappa shape index (κ3) is 3.50. The van der Waals surface area contributed by atoms with Crippen molar-refractivity contribution in [2.45, 2.75) is 19.9 Å². The van der Waals surface area contributed by atoms with E-state index >= 15 is 0 Å². The number of carbonyl (C=O) groups excluding carboxylic acids is 2. The van der Waals surface area contributed by atoms with Gasteiger partial charge in [-0.25, -0.2) is 0 Å². The van der Waals surface area contributed by atoms with Gasteiger partial charge in [0.25, 0.3) is 11.7 Å². The van der Waals surface area contributed by atoms with Crippen LogP contribution in [0.4, 0.5) is 5.69 Å². The van der Waals surface area contributed by atoms with E-state index in [0.29, 0.717) is 23.6 Å². The molecule has 1 amide bonds. The highest BCUT2D eigenvalue weighted by Gasteiger charge is 2.47. The van der Waals surface area contributed by atoms with Crippen LogP contribution in [0.3, 0.4) is 0 Å². The van der Waals surface area contributed by atoms with Gasteiger partial charge in [-0.3, -0.25) is 14.5 Å². The van der Waals surface area contributed by atoms with Crippen LogP contribution in [0.2, 0.25) is 0 Å². The molecule has 1 fully saturated rings. The Hall–Kier alpha value is -3.38. The van der Waals surface area contributed by atoms with Gasteiger partial charge in [0.15, 0.2) is 0 Å².